The fourth-order valence-corrected chi connectivity index (χ4v) is 1.98. The van der Waals surface area contributed by atoms with Gasteiger partial charge < -0.3 is 5.73 Å². The predicted octanol–water partition coefficient (Wildman–Crippen LogP) is 2.80. The Morgan fingerprint density at radius 1 is 1.23 bits per heavy atom. The second-order valence-corrected chi connectivity index (χ2v) is 4.69. The minimum Gasteiger partial charge on any atom is -0.330 e. The Bertz CT molecular complexity index is 172. The van der Waals surface area contributed by atoms with Crippen LogP contribution in [0.3, 0.4) is 0 Å². The average Bonchev–Trinajstić information content (AvgIpc) is 2.56. The van der Waals surface area contributed by atoms with Gasteiger partial charge in [-0.3, -0.25) is 0 Å². The fraction of sp³-hybridized carbons (Fsp3) is 1.00. The van der Waals surface area contributed by atoms with E-state index in [4.69, 9.17) is 5.73 Å². The molecule has 0 atom stereocenters. The minimum atomic E-state index is -2.60. The number of nitrogens with two attached hydrogens (primary N) is 1. The van der Waals surface area contributed by atoms with Crippen molar-refractivity contribution in [1.82, 2.24) is 0 Å². The van der Waals surface area contributed by atoms with Crippen LogP contribution in [0.2, 0.25) is 0 Å². The van der Waals surface area contributed by atoms with Crippen molar-refractivity contribution in [2.45, 2.75) is 45.5 Å². The maximum atomic E-state index is 13.8. The predicted molar refractivity (Wildman–Crippen MR) is 49.7 cm³/mol. The molecule has 78 valence electrons. The largest absolute Gasteiger partial charge is 0.330 e. The molecule has 0 saturated heterocycles. The molecular weight excluding hydrogens is 172 g/mol. The molecule has 1 nitrogen and oxygen atoms in total. The molecule has 13 heavy (non-hydrogen) atoms. The van der Waals surface area contributed by atoms with Crippen molar-refractivity contribution >= 4 is 0 Å². The summed E-state index contributed by atoms with van der Waals surface area (Å²) in [5, 5.41) is 0. The first-order valence-electron chi connectivity index (χ1n) is 4.99. The van der Waals surface area contributed by atoms with E-state index in [0.717, 1.165) is 12.8 Å². The molecule has 1 rings (SSSR count). The summed E-state index contributed by atoms with van der Waals surface area (Å²) < 4.78 is 27.7. The summed E-state index contributed by atoms with van der Waals surface area (Å²) in [7, 11) is 0. The summed E-state index contributed by atoms with van der Waals surface area (Å²) in [6, 6.07) is 0. The highest BCUT2D eigenvalue weighted by Crippen LogP contribution is 2.47. The van der Waals surface area contributed by atoms with Gasteiger partial charge in [-0.25, -0.2) is 8.78 Å². The van der Waals surface area contributed by atoms with Gasteiger partial charge in [-0.15, -0.1) is 0 Å². The van der Waals surface area contributed by atoms with Gasteiger partial charge in [0.15, 0.2) is 0 Å². The van der Waals surface area contributed by atoms with Crippen molar-refractivity contribution in [2.75, 3.05) is 6.54 Å². The smallest absolute Gasteiger partial charge is 0.257 e. The average molecular weight is 191 g/mol. The van der Waals surface area contributed by atoms with Crippen molar-refractivity contribution in [3.63, 3.8) is 0 Å². The van der Waals surface area contributed by atoms with Gasteiger partial charge in [0, 0.05) is 17.9 Å². The molecule has 1 fully saturated rings. The highest BCUT2D eigenvalue weighted by atomic mass is 19.3. The molecule has 0 amide bonds. The lowest BCUT2D eigenvalue weighted by Gasteiger charge is -2.37. The number of halogens is 2. The molecule has 0 bridgehead atoms. The first-order valence-corrected chi connectivity index (χ1v) is 4.99. The standard InChI is InChI=1S/C10H19F2N/c1-9(2,7-13)10(11,12)8-5-3-4-6-8/h8H,3-7,13H2,1-2H3. The van der Waals surface area contributed by atoms with Crippen molar-refractivity contribution < 1.29 is 8.78 Å². The van der Waals surface area contributed by atoms with Crippen LogP contribution >= 0.6 is 0 Å². The maximum absolute atomic E-state index is 13.8. The molecule has 1 aliphatic rings. The third-order valence-electron chi connectivity index (χ3n) is 3.28. The Balaban J connectivity index is 2.73. The van der Waals surface area contributed by atoms with E-state index in [1.54, 1.807) is 13.8 Å². The Hall–Kier alpha value is -0.180. The van der Waals surface area contributed by atoms with Crippen molar-refractivity contribution in [1.29, 1.82) is 0 Å². The van der Waals surface area contributed by atoms with Crippen LogP contribution in [0.1, 0.15) is 39.5 Å². The van der Waals surface area contributed by atoms with E-state index in [1.165, 1.54) is 0 Å². The van der Waals surface area contributed by atoms with E-state index in [0.29, 0.717) is 12.8 Å². The zero-order chi connectivity index (χ0) is 10.1. The normalized spacial score (nSPS) is 21.0. The van der Waals surface area contributed by atoms with Crippen molar-refractivity contribution in [3.8, 4) is 0 Å². The van der Waals surface area contributed by atoms with Crippen LogP contribution in [0.4, 0.5) is 8.78 Å². The van der Waals surface area contributed by atoms with Gasteiger partial charge in [0.25, 0.3) is 5.92 Å². The summed E-state index contributed by atoms with van der Waals surface area (Å²) >= 11 is 0. The van der Waals surface area contributed by atoms with E-state index in [-0.39, 0.29) is 6.54 Å². The van der Waals surface area contributed by atoms with E-state index in [2.05, 4.69) is 0 Å². The summed E-state index contributed by atoms with van der Waals surface area (Å²) in [6.07, 6.45) is 3.22. The highest BCUT2D eigenvalue weighted by molar-refractivity contribution is 4.93. The fourth-order valence-electron chi connectivity index (χ4n) is 1.98. The van der Waals surface area contributed by atoms with E-state index < -0.39 is 17.3 Å². The van der Waals surface area contributed by atoms with Crippen LogP contribution in [0.25, 0.3) is 0 Å². The molecule has 0 aromatic rings. The molecule has 0 aromatic carbocycles. The van der Waals surface area contributed by atoms with Crippen molar-refractivity contribution in [2.24, 2.45) is 17.1 Å². The first kappa shape index (κ1) is 10.9. The lowest BCUT2D eigenvalue weighted by Crippen LogP contribution is -2.46. The van der Waals surface area contributed by atoms with Crippen LogP contribution in [-0.4, -0.2) is 12.5 Å². The van der Waals surface area contributed by atoms with Crippen LogP contribution < -0.4 is 5.73 Å². The van der Waals surface area contributed by atoms with Gasteiger partial charge in [-0.2, -0.15) is 0 Å². The molecule has 2 N–H and O–H groups in total. The Morgan fingerprint density at radius 3 is 2.08 bits per heavy atom. The highest BCUT2D eigenvalue weighted by Gasteiger charge is 2.51. The number of hydrogen-bond donors (Lipinski definition) is 1. The molecule has 0 aliphatic heterocycles. The van der Waals surface area contributed by atoms with Crippen LogP contribution in [0, 0.1) is 11.3 Å². The van der Waals surface area contributed by atoms with E-state index in [1.807, 2.05) is 0 Å². The van der Waals surface area contributed by atoms with Gasteiger partial charge in [-0.1, -0.05) is 26.7 Å². The molecule has 0 unspecified atom stereocenters. The maximum Gasteiger partial charge on any atom is 0.257 e. The Kier molecular flexibility index (Phi) is 2.95. The number of hydrogen-bond acceptors (Lipinski definition) is 1. The van der Waals surface area contributed by atoms with Crippen LogP contribution in [-0.2, 0) is 0 Å². The number of rotatable bonds is 3. The quantitative estimate of drug-likeness (QED) is 0.729. The summed E-state index contributed by atoms with van der Waals surface area (Å²) in [5.41, 5.74) is 4.33. The Labute approximate surface area is 78.7 Å². The summed E-state index contributed by atoms with van der Waals surface area (Å²) in [6.45, 7) is 3.17. The number of alkyl halides is 2. The molecule has 0 aromatic heterocycles. The molecule has 3 heteroatoms. The third kappa shape index (κ3) is 1.85. The lowest BCUT2D eigenvalue weighted by molar-refractivity contribution is -0.144. The molecule has 0 heterocycles. The van der Waals surface area contributed by atoms with Crippen LogP contribution in [0.5, 0.6) is 0 Å². The summed E-state index contributed by atoms with van der Waals surface area (Å²) in [4.78, 5) is 0. The molecule has 1 aliphatic carbocycles. The zero-order valence-electron chi connectivity index (χ0n) is 8.45. The minimum absolute atomic E-state index is 0.0521. The second-order valence-electron chi connectivity index (χ2n) is 4.69. The van der Waals surface area contributed by atoms with Crippen LogP contribution in [0.15, 0.2) is 0 Å². The summed E-state index contributed by atoms with van der Waals surface area (Å²) in [5.74, 6) is -3.04. The SMILES string of the molecule is CC(C)(CN)C(F)(F)C1CCCC1. The molecule has 0 spiro atoms. The molecule has 1 saturated carbocycles. The van der Waals surface area contributed by atoms with Gasteiger partial charge >= 0.3 is 0 Å². The topological polar surface area (TPSA) is 26.0 Å². The second kappa shape index (κ2) is 3.52. The molecule has 0 radical (unpaired) electrons. The monoisotopic (exact) mass is 191 g/mol. The first-order chi connectivity index (χ1) is 5.92. The van der Waals surface area contributed by atoms with E-state index >= 15 is 0 Å². The van der Waals surface area contributed by atoms with E-state index in [9.17, 15) is 8.78 Å². The van der Waals surface area contributed by atoms with Gasteiger partial charge in [0.1, 0.15) is 0 Å². The van der Waals surface area contributed by atoms with Crippen molar-refractivity contribution in [3.05, 3.63) is 0 Å². The lowest BCUT2D eigenvalue weighted by atomic mass is 9.78. The molecular formula is C10H19F2N. The van der Waals surface area contributed by atoms with Gasteiger partial charge in [0.2, 0.25) is 0 Å². The van der Waals surface area contributed by atoms with Gasteiger partial charge in [-0.05, 0) is 12.8 Å². The Morgan fingerprint density at radius 2 is 1.69 bits per heavy atom. The van der Waals surface area contributed by atoms with Gasteiger partial charge in [0.05, 0.1) is 0 Å². The zero-order valence-corrected chi connectivity index (χ0v) is 8.45. The third-order valence-corrected chi connectivity index (χ3v) is 3.28.